The maximum Gasteiger partial charge on any atom is 0.0372 e. The van der Waals surface area contributed by atoms with E-state index in [9.17, 15) is 0 Å². The van der Waals surface area contributed by atoms with Crippen molar-refractivity contribution in [1.82, 2.24) is 0 Å². The zero-order chi connectivity index (χ0) is 10.8. The Hall–Kier alpha value is -0.850. The van der Waals surface area contributed by atoms with Gasteiger partial charge in [0.1, 0.15) is 0 Å². The Balaban J connectivity index is 2.69. The molecule has 0 N–H and O–H groups in total. The molecule has 2 unspecified atom stereocenters. The molecular formula is C13H21N. The van der Waals surface area contributed by atoms with Crippen molar-refractivity contribution in [3.8, 4) is 0 Å². The van der Waals surface area contributed by atoms with Crippen LogP contribution in [0.1, 0.15) is 41.0 Å². The molecule has 78 valence electrons. The zero-order valence-corrected chi connectivity index (χ0v) is 9.96. The summed E-state index contributed by atoms with van der Waals surface area (Å²) in [6.07, 6.45) is 7.33. The van der Waals surface area contributed by atoms with Gasteiger partial charge >= 0.3 is 0 Å². The van der Waals surface area contributed by atoms with Gasteiger partial charge in [-0.2, -0.15) is 0 Å². The van der Waals surface area contributed by atoms with E-state index in [-0.39, 0.29) is 0 Å². The SMILES string of the molecule is C\C=C/N=C(C)/C=C(/C)C1(C)CC1C. The molecule has 0 amide bonds. The minimum atomic E-state index is 0.451. The average molecular weight is 191 g/mol. The monoisotopic (exact) mass is 191 g/mol. The Labute approximate surface area is 87.6 Å². The summed E-state index contributed by atoms with van der Waals surface area (Å²) in [6.45, 7) is 10.9. The molecule has 0 aliphatic heterocycles. The summed E-state index contributed by atoms with van der Waals surface area (Å²) in [4.78, 5) is 4.31. The van der Waals surface area contributed by atoms with E-state index in [0.717, 1.165) is 11.6 Å². The summed E-state index contributed by atoms with van der Waals surface area (Å²) in [5.41, 5.74) is 3.02. The molecule has 0 spiro atoms. The molecule has 0 saturated heterocycles. The molecule has 1 nitrogen and oxygen atoms in total. The molecule has 0 aromatic heterocycles. The second-order valence-corrected chi connectivity index (χ2v) is 4.60. The highest BCUT2D eigenvalue weighted by Crippen LogP contribution is 2.56. The molecule has 14 heavy (non-hydrogen) atoms. The minimum Gasteiger partial charge on any atom is -0.262 e. The smallest absolute Gasteiger partial charge is 0.0372 e. The predicted octanol–water partition coefficient (Wildman–Crippen LogP) is 3.97. The molecule has 0 bridgehead atoms. The van der Waals surface area contributed by atoms with E-state index in [2.05, 4.69) is 38.8 Å². The van der Waals surface area contributed by atoms with Crippen molar-refractivity contribution in [3.63, 3.8) is 0 Å². The number of hydrogen-bond donors (Lipinski definition) is 0. The van der Waals surface area contributed by atoms with Crippen LogP contribution < -0.4 is 0 Å². The Morgan fingerprint density at radius 1 is 1.43 bits per heavy atom. The van der Waals surface area contributed by atoms with Crippen LogP contribution in [-0.4, -0.2) is 5.71 Å². The number of aliphatic imine (C=N–C) groups is 1. The van der Waals surface area contributed by atoms with E-state index in [1.54, 1.807) is 0 Å². The number of rotatable bonds is 3. The highest BCUT2D eigenvalue weighted by atomic mass is 14.7. The van der Waals surface area contributed by atoms with Gasteiger partial charge in [0.25, 0.3) is 0 Å². The van der Waals surface area contributed by atoms with Crippen LogP contribution in [0.5, 0.6) is 0 Å². The van der Waals surface area contributed by atoms with Gasteiger partial charge in [-0.25, -0.2) is 0 Å². The van der Waals surface area contributed by atoms with Gasteiger partial charge in [-0.05, 0) is 44.6 Å². The fourth-order valence-corrected chi connectivity index (χ4v) is 1.83. The van der Waals surface area contributed by atoms with Gasteiger partial charge in [-0.1, -0.05) is 25.5 Å². The third kappa shape index (κ3) is 2.34. The van der Waals surface area contributed by atoms with E-state index < -0.39 is 0 Å². The standard InChI is InChI=1S/C13H21N/c1-6-7-14-12(4)8-10(2)13(5)9-11(13)3/h6-8,11H,9H2,1-5H3/b7-6-,10-8-,14-12+. The Morgan fingerprint density at radius 2 is 2.00 bits per heavy atom. The predicted molar refractivity (Wildman–Crippen MR) is 63.6 cm³/mol. The highest BCUT2D eigenvalue weighted by molar-refractivity contribution is 5.94. The van der Waals surface area contributed by atoms with Gasteiger partial charge < -0.3 is 0 Å². The van der Waals surface area contributed by atoms with Crippen molar-refractivity contribution >= 4 is 5.71 Å². The van der Waals surface area contributed by atoms with Crippen LogP contribution in [0, 0.1) is 11.3 Å². The summed E-state index contributed by atoms with van der Waals surface area (Å²) >= 11 is 0. The van der Waals surface area contributed by atoms with Crippen molar-refractivity contribution in [3.05, 3.63) is 23.9 Å². The van der Waals surface area contributed by atoms with E-state index in [0.29, 0.717) is 5.41 Å². The lowest BCUT2D eigenvalue weighted by Gasteiger charge is -2.10. The van der Waals surface area contributed by atoms with E-state index >= 15 is 0 Å². The quantitative estimate of drug-likeness (QED) is 0.598. The zero-order valence-electron chi connectivity index (χ0n) is 9.96. The van der Waals surface area contributed by atoms with Crippen molar-refractivity contribution in [1.29, 1.82) is 0 Å². The van der Waals surface area contributed by atoms with Gasteiger partial charge in [0, 0.05) is 11.9 Å². The number of nitrogens with zero attached hydrogens (tertiary/aromatic N) is 1. The molecule has 1 heteroatoms. The number of hydrogen-bond acceptors (Lipinski definition) is 1. The fraction of sp³-hybridized carbons (Fsp3) is 0.615. The van der Waals surface area contributed by atoms with Crippen molar-refractivity contribution in [2.75, 3.05) is 0 Å². The van der Waals surface area contributed by atoms with Crippen LogP contribution in [0.25, 0.3) is 0 Å². The molecule has 0 aromatic rings. The first kappa shape index (κ1) is 11.2. The summed E-state index contributed by atoms with van der Waals surface area (Å²) in [7, 11) is 0. The fourth-order valence-electron chi connectivity index (χ4n) is 1.83. The molecule has 0 heterocycles. The largest absolute Gasteiger partial charge is 0.262 e. The van der Waals surface area contributed by atoms with Gasteiger partial charge in [0.2, 0.25) is 0 Å². The third-order valence-electron chi connectivity index (χ3n) is 3.41. The van der Waals surface area contributed by atoms with Crippen LogP contribution >= 0.6 is 0 Å². The normalized spacial score (nSPS) is 33.9. The summed E-state index contributed by atoms with van der Waals surface area (Å²) < 4.78 is 0. The molecular weight excluding hydrogens is 170 g/mol. The molecule has 1 fully saturated rings. The Kier molecular flexibility index (Phi) is 3.30. The summed E-state index contributed by atoms with van der Waals surface area (Å²) in [6, 6.07) is 0. The Bertz CT molecular complexity index is 296. The second-order valence-electron chi connectivity index (χ2n) is 4.60. The third-order valence-corrected chi connectivity index (χ3v) is 3.41. The van der Waals surface area contributed by atoms with Gasteiger partial charge in [0.15, 0.2) is 0 Å². The van der Waals surface area contributed by atoms with Crippen molar-refractivity contribution < 1.29 is 0 Å². The first-order valence-corrected chi connectivity index (χ1v) is 5.35. The molecule has 1 saturated carbocycles. The van der Waals surface area contributed by atoms with Gasteiger partial charge in [0.05, 0.1) is 0 Å². The van der Waals surface area contributed by atoms with Crippen LogP contribution in [0.3, 0.4) is 0 Å². The van der Waals surface area contributed by atoms with Gasteiger partial charge in [-0.15, -0.1) is 0 Å². The van der Waals surface area contributed by atoms with E-state index in [1.807, 2.05) is 19.2 Å². The first-order chi connectivity index (χ1) is 6.50. The van der Waals surface area contributed by atoms with Crippen molar-refractivity contribution in [2.45, 2.75) is 41.0 Å². The lowest BCUT2D eigenvalue weighted by atomic mass is 9.96. The first-order valence-electron chi connectivity index (χ1n) is 5.35. The highest BCUT2D eigenvalue weighted by Gasteiger charge is 2.47. The lowest BCUT2D eigenvalue weighted by Crippen LogP contribution is -2.00. The molecule has 1 rings (SSSR count). The molecule has 1 aliphatic carbocycles. The van der Waals surface area contributed by atoms with Gasteiger partial charge in [-0.3, -0.25) is 4.99 Å². The maximum absolute atomic E-state index is 4.31. The average Bonchev–Trinajstić information content (AvgIpc) is 2.73. The van der Waals surface area contributed by atoms with E-state index in [1.165, 1.54) is 12.0 Å². The van der Waals surface area contributed by atoms with Crippen molar-refractivity contribution in [2.24, 2.45) is 16.3 Å². The molecule has 1 aliphatic rings. The topological polar surface area (TPSA) is 12.4 Å². The minimum absolute atomic E-state index is 0.451. The molecule has 0 radical (unpaired) electrons. The molecule has 0 aromatic carbocycles. The van der Waals surface area contributed by atoms with Crippen LogP contribution in [0.2, 0.25) is 0 Å². The maximum atomic E-state index is 4.31. The van der Waals surface area contributed by atoms with E-state index in [4.69, 9.17) is 0 Å². The van der Waals surface area contributed by atoms with Crippen LogP contribution in [-0.2, 0) is 0 Å². The number of allylic oxidation sites excluding steroid dienone is 3. The molecule has 2 atom stereocenters. The van der Waals surface area contributed by atoms with Crippen LogP contribution in [0.4, 0.5) is 0 Å². The Morgan fingerprint density at radius 3 is 2.43 bits per heavy atom. The lowest BCUT2D eigenvalue weighted by molar-refractivity contribution is 0.620. The summed E-state index contributed by atoms with van der Waals surface area (Å²) in [5.74, 6) is 0.841. The summed E-state index contributed by atoms with van der Waals surface area (Å²) in [5, 5.41) is 0. The second kappa shape index (κ2) is 4.12. The van der Waals surface area contributed by atoms with Crippen LogP contribution in [0.15, 0.2) is 28.9 Å².